The van der Waals surface area contributed by atoms with Crippen molar-refractivity contribution in [2.75, 3.05) is 19.6 Å². The highest BCUT2D eigenvalue weighted by Gasteiger charge is 2.44. The van der Waals surface area contributed by atoms with Gasteiger partial charge in [0.1, 0.15) is 6.54 Å². The Hall–Kier alpha value is -3.81. The van der Waals surface area contributed by atoms with Crippen LogP contribution in [0.2, 0.25) is 10.0 Å². The van der Waals surface area contributed by atoms with Gasteiger partial charge in [-0.3, -0.25) is 14.5 Å². The number of carbonyl (C=O) groups excluding carboxylic acids is 3. The number of rotatable bonds is 7. The molecule has 0 bridgehead atoms. The van der Waals surface area contributed by atoms with Crippen molar-refractivity contribution < 1.29 is 14.4 Å². The van der Waals surface area contributed by atoms with Crippen LogP contribution in [0.25, 0.3) is 0 Å². The van der Waals surface area contributed by atoms with Gasteiger partial charge >= 0.3 is 6.03 Å². The Labute approximate surface area is 231 Å². The van der Waals surface area contributed by atoms with E-state index in [0.717, 1.165) is 11.1 Å². The zero-order valence-electron chi connectivity index (χ0n) is 20.7. The highest BCUT2D eigenvalue weighted by Crippen LogP contribution is 2.39. The fraction of sp³-hybridized carbons (Fsp3) is 0.207. The minimum Gasteiger partial charge on any atom is -0.344 e. The molecule has 2 N–H and O–H groups in total. The Bertz CT molecular complexity index is 1370. The number of halogens is 2. The van der Waals surface area contributed by atoms with E-state index in [2.05, 4.69) is 10.6 Å². The highest BCUT2D eigenvalue weighted by molar-refractivity contribution is 6.35. The molecule has 2 aliphatic heterocycles. The summed E-state index contributed by atoms with van der Waals surface area (Å²) in [5.41, 5.74) is 3.42. The summed E-state index contributed by atoms with van der Waals surface area (Å²) in [7, 11) is 0. The summed E-state index contributed by atoms with van der Waals surface area (Å²) in [5, 5.41) is 6.78. The van der Waals surface area contributed by atoms with Gasteiger partial charge in [-0.2, -0.15) is 0 Å². The smallest absolute Gasteiger partial charge is 0.322 e. The molecule has 0 saturated carbocycles. The lowest BCUT2D eigenvalue weighted by molar-refractivity contribution is -0.132. The third-order valence-electron chi connectivity index (χ3n) is 6.79. The van der Waals surface area contributed by atoms with Crippen LogP contribution in [0.1, 0.15) is 35.7 Å². The van der Waals surface area contributed by atoms with Gasteiger partial charge in [0.2, 0.25) is 5.91 Å². The van der Waals surface area contributed by atoms with E-state index >= 15 is 0 Å². The Kier molecular flexibility index (Phi) is 7.40. The summed E-state index contributed by atoms with van der Waals surface area (Å²) in [4.78, 5) is 42.9. The molecule has 0 aliphatic carbocycles. The molecule has 4 amide bonds. The molecule has 3 aromatic rings. The monoisotopic (exact) mass is 548 g/mol. The molecule has 2 heterocycles. The maximum Gasteiger partial charge on any atom is 0.322 e. The fourth-order valence-electron chi connectivity index (χ4n) is 5.01. The number of urea groups is 1. The van der Waals surface area contributed by atoms with Gasteiger partial charge in [-0.25, -0.2) is 4.79 Å². The summed E-state index contributed by atoms with van der Waals surface area (Å²) in [6.45, 7) is 2.20. The molecule has 0 saturated heterocycles. The zero-order chi connectivity index (χ0) is 26.8. The van der Waals surface area contributed by atoms with E-state index in [4.69, 9.17) is 23.2 Å². The van der Waals surface area contributed by atoms with E-state index in [1.54, 1.807) is 18.2 Å². The number of likely N-dealkylation sites (N-methyl/N-ethyl adjacent to an activating group) is 1. The Balaban J connectivity index is 1.40. The lowest BCUT2D eigenvalue weighted by Gasteiger charge is -2.33. The van der Waals surface area contributed by atoms with Gasteiger partial charge < -0.3 is 15.5 Å². The second-order valence-corrected chi connectivity index (χ2v) is 9.98. The lowest BCUT2D eigenvalue weighted by atomic mass is 9.95. The van der Waals surface area contributed by atoms with E-state index in [-0.39, 0.29) is 37.0 Å². The normalized spacial score (nSPS) is 17.1. The van der Waals surface area contributed by atoms with Gasteiger partial charge in [-0.05, 0) is 35.7 Å². The van der Waals surface area contributed by atoms with E-state index < -0.39 is 6.04 Å². The van der Waals surface area contributed by atoms with Crippen molar-refractivity contribution in [3.8, 4) is 0 Å². The van der Waals surface area contributed by atoms with E-state index in [0.29, 0.717) is 33.4 Å². The van der Waals surface area contributed by atoms with Crippen molar-refractivity contribution in [3.05, 3.63) is 117 Å². The predicted molar refractivity (Wildman–Crippen MR) is 147 cm³/mol. The van der Waals surface area contributed by atoms with Crippen LogP contribution in [-0.4, -0.2) is 47.3 Å². The molecule has 3 aromatic carbocycles. The SMILES string of the molecule is CCN1C(=O)NC(c2ccc(Cl)cc2Cl)C2=C1CN(CC(=O)NC(c1ccccc1)c1ccccc1)C2=O. The van der Waals surface area contributed by atoms with Gasteiger partial charge in [-0.15, -0.1) is 0 Å². The number of nitrogens with zero attached hydrogens (tertiary/aromatic N) is 2. The molecule has 7 nitrogen and oxygen atoms in total. The second kappa shape index (κ2) is 10.9. The van der Waals surface area contributed by atoms with Gasteiger partial charge in [0, 0.05) is 16.6 Å². The molecular formula is C29H26Cl2N4O3. The first-order valence-electron chi connectivity index (χ1n) is 12.3. The molecule has 0 spiro atoms. The summed E-state index contributed by atoms with van der Waals surface area (Å²) in [5.74, 6) is -0.625. The van der Waals surface area contributed by atoms with Crippen LogP contribution in [0.4, 0.5) is 4.79 Å². The third-order valence-corrected chi connectivity index (χ3v) is 7.35. The molecule has 2 aliphatic rings. The lowest BCUT2D eigenvalue weighted by Crippen LogP contribution is -2.47. The quantitative estimate of drug-likeness (QED) is 0.431. The zero-order valence-corrected chi connectivity index (χ0v) is 22.2. The van der Waals surface area contributed by atoms with Crippen molar-refractivity contribution in [3.63, 3.8) is 0 Å². The van der Waals surface area contributed by atoms with E-state index in [9.17, 15) is 14.4 Å². The summed E-state index contributed by atoms with van der Waals surface area (Å²) >= 11 is 12.5. The first-order chi connectivity index (χ1) is 18.4. The number of hydrogen-bond acceptors (Lipinski definition) is 3. The average Bonchev–Trinajstić information content (AvgIpc) is 3.23. The number of benzene rings is 3. The number of carbonyl (C=O) groups is 3. The predicted octanol–water partition coefficient (Wildman–Crippen LogP) is 5.08. The van der Waals surface area contributed by atoms with Crippen LogP contribution in [0.15, 0.2) is 90.1 Å². The van der Waals surface area contributed by atoms with Crippen LogP contribution >= 0.6 is 23.2 Å². The topological polar surface area (TPSA) is 81.8 Å². The largest absolute Gasteiger partial charge is 0.344 e. The Morgan fingerprint density at radius 2 is 1.63 bits per heavy atom. The molecule has 0 aromatic heterocycles. The van der Waals surface area contributed by atoms with Crippen molar-refractivity contribution in [2.24, 2.45) is 0 Å². The van der Waals surface area contributed by atoms with Gasteiger partial charge in [-0.1, -0.05) is 89.9 Å². The molecular weight excluding hydrogens is 523 g/mol. The molecule has 1 atom stereocenters. The molecule has 5 rings (SSSR count). The standard InChI is InChI=1S/C29H26Cl2N4O3/c1-2-35-23-16-34(28(37)25(23)27(33-29(35)38)21-14-13-20(30)15-22(21)31)17-24(36)32-26(18-9-5-3-6-10-18)19-11-7-4-8-12-19/h3-15,26-27H,2,16-17H2,1H3,(H,32,36)(H,33,38). The van der Waals surface area contributed by atoms with Gasteiger partial charge in [0.25, 0.3) is 5.91 Å². The Morgan fingerprint density at radius 3 is 2.21 bits per heavy atom. The molecule has 194 valence electrons. The van der Waals surface area contributed by atoms with Crippen molar-refractivity contribution in [1.29, 1.82) is 0 Å². The minimum atomic E-state index is -0.744. The van der Waals surface area contributed by atoms with Crippen LogP contribution in [0.3, 0.4) is 0 Å². The number of amides is 4. The minimum absolute atomic E-state index is 0.145. The van der Waals surface area contributed by atoms with Crippen molar-refractivity contribution in [1.82, 2.24) is 20.4 Å². The molecule has 38 heavy (non-hydrogen) atoms. The van der Waals surface area contributed by atoms with Gasteiger partial charge in [0.15, 0.2) is 0 Å². The summed E-state index contributed by atoms with van der Waals surface area (Å²) < 4.78 is 0. The van der Waals surface area contributed by atoms with Crippen molar-refractivity contribution in [2.45, 2.75) is 19.0 Å². The van der Waals surface area contributed by atoms with Crippen LogP contribution in [0, 0.1) is 0 Å². The second-order valence-electron chi connectivity index (χ2n) is 9.14. The van der Waals surface area contributed by atoms with E-state index in [1.807, 2.05) is 67.6 Å². The van der Waals surface area contributed by atoms with E-state index in [1.165, 1.54) is 9.80 Å². The number of hydrogen-bond donors (Lipinski definition) is 2. The average molecular weight is 549 g/mol. The molecule has 9 heteroatoms. The summed E-state index contributed by atoms with van der Waals surface area (Å²) in [6, 6.07) is 22.9. The maximum absolute atomic E-state index is 13.7. The first kappa shape index (κ1) is 25.8. The fourth-order valence-corrected chi connectivity index (χ4v) is 5.53. The van der Waals surface area contributed by atoms with Crippen molar-refractivity contribution >= 4 is 41.0 Å². The van der Waals surface area contributed by atoms with Crippen LogP contribution in [-0.2, 0) is 9.59 Å². The Morgan fingerprint density at radius 1 is 1.00 bits per heavy atom. The highest BCUT2D eigenvalue weighted by atomic mass is 35.5. The third kappa shape index (κ3) is 4.99. The summed E-state index contributed by atoms with van der Waals surface area (Å²) in [6.07, 6.45) is 0. The number of nitrogens with one attached hydrogen (secondary N) is 2. The van der Waals surface area contributed by atoms with Crippen LogP contribution < -0.4 is 10.6 Å². The maximum atomic E-state index is 13.7. The first-order valence-corrected chi connectivity index (χ1v) is 13.1. The molecule has 0 fully saturated rings. The molecule has 0 radical (unpaired) electrons. The van der Waals surface area contributed by atoms with Gasteiger partial charge in [0.05, 0.1) is 29.9 Å². The molecule has 1 unspecified atom stereocenters. The van der Waals surface area contributed by atoms with Crippen LogP contribution in [0.5, 0.6) is 0 Å².